The summed E-state index contributed by atoms with van der Waals surface area (Å²) in [5.41, 5.74) is -0.0671. The van der Waals surface area contributed by atoms with Crippen molar-refractivity contribution in [2.45, 2.75) is 53.4 Å². The number of carbonyl (C=O) groups excluding carboxylic acids is 5. The van der Waals surface area contributed by atoms with Gasteiger partial charge in [0, 0.05) is 6.42 Å². The number of aromatic hydroxyl groups is 1. The number of benzene rings is 1. The fourth-order valence-electron chi connectivity index (χ4n) is 2.15. The van der Waals surface area contributed by atoms with Crippen LogP contribution in [0.2, 0.25) is 0 Å². The summed E-state index contributed by atoms with van der Waals surface area (Å²) in [5.74, 6) is -3.74. The number of aromatic carboxylic acids is 1. The molecule has 1 saturated heterocycles. The number of para-hydroxylation sites is 1. The van der Waals surface area contributed by atoms with Crippen LogP contribution < -0.4 is 29.6 Å². The third-order valence-electron chi connectivity index (χ3n) is 3.83. The summed E-state index contributed by atoms with van der Waals surface area (Å²) in [6.07, 6.45) is 0.684. The molecule has 1 aliphatic heterocycles. The van der Waals surface area contributed by atoms with E-state index in [2.05, 4.69) is 4.74 Å². The molecule has 12 nitrogen and oxygen atoms in total. The summed E-state index contributed by atoms with van der Waals surface area (Å²) in [6.45, 7) is 6.05. The molecule has 13 heteroatoms. The van der Waals surface area contributed by atoms with Crippen LogP contribution in [0.3, 0.4) is 0 Å². The zero-order chi connectivity index (χ0) is 26.8. The Kier molecular flexibility index (Phi) is 25.2. The first-order chi connectivity index (χ1) is 15.7. The second-order valence-corrected chi connectivity index (χ2v) is 7.08. The number of carbonyl (C=O) groups is 7. The average molecular weight is 522 g/mol. The van der Waals surface area contributed by atoms with Gasteiger partial charge in [-0.1, -0.05) is 12.1 Å². The van der Waals surface area contributed by atoms with E-state index < -0.39 is 17.9 Å². The minimum absolute atomic E-state index is 0. The van der Waals surface area contributed by atoms with Crippen molar-refractivity contribution in [1.82, 2.24) is 0 Å². The molecule has 0 aromatic heterocycles. The molecule has 2 rings (SSSR count). The summed E-state index contributed by atoms with van der Waals surface area (Å²) >= 11 is 0. The summed E-state index contributed by atoms with van der Waals surface area (Å²) in [5, 5.41) is 25.6. The molecule has 0 spiro atoms. The topological polar surface area (TPSA) is 219 Å². The number of esters is 1. The van der Waals surface area contributed by atoms with Crippen LogP contribution in [0.1, 0.15) is 63.7 Å². The zero-order valence-electron chi connectivity index (χ0n) is 21.0. The molecular weight excluding hydrogens is 491 g/mol. The number of hydrogen-bond donors (Lipinski definition) is 3. The molecule has 0 atom stereocenters. The number of carboxylic acid groups (broad SMARTS) is 2. The maximum Gasteiger partial charge on any atom is 1.00 e. The molecule has 1 heterocycles. The van der Waals surface area contributed by atoms with Gasteiger partial charge in [-0.3, -0.25) is 28.8 Å². The van der Waals surface area contributed by atoms with E-state index in [0.29, 0.717) is 13.0 Å². The Bertz CT molecular complexity index is 863. The van der Waals surface area contributed by atoms with Crippen molar-refractivity contribution in [2.75, 3.05) is 6.61 Å². The predicted octanol–water partition coefficient (Wildman–Crippen LogP) is -0.949. The summed E-state index contributed by atoms with van der Waals surface area (Å²) in [4.78, 5) is 71.7. The van der Waals surface area contributed by atoms with E-state index in [0.717, 1.165) is 0 Å². The first kappa shape index (κ1) is 40.2. The monoisotopic (exact) mass is 522 g/mol. The van der Waals surface area contributed by atoms with E-state index in [1.54, 1.807) is 12.1 Å². The minimum Gasteiger partial charge on any atom is -0.870 e. The van der Waals surface area contributed by atoms with Gasteiger partial charge in [-0.15, -0.1) is 0 Å². The number of hydrogen-bond acceptors (Lipinski definition) is 10. The SMILES string of the molecule is CC(=O)C(CCC(=O)O)C(C)=O.CC(=O)CC(C)=O.O=C(O)c1ccccc1O.O=C1CCO1.[Na+].[OH-]. The molecule has 0 saturated carbocycles. The molecule has 196 valence electrons. The number of Topliss-reactive ketones (excluding diaryl/α,β-unsaturated/α-hetero) is 4. The van der Waals surface area contributed by atoms with E-state index in [9.17, 15) is 33.6 Å². The molecule has 36 heavy (non-hydrogen) atoms. The standard InChI is InChI=1S/C8H12O4.C7H6O3.C5H8O2.C3H4O2.Na.H2O/c1-5(9)7(6(2)10)3-4-8(11)12;8-6-4-2-1-3-5(6)7(9)10;1-4(6)3-5(2)7;4-3-1-2-5-3;;/h7H,3-4H2,1-2H3,(H,11,12);1-4,8H,(H,9,10);3H2,1-2H3;1-2H2;;1H2/q;;;;+1;/p-1. The van der Waals surface area contributed by atoms with E-state index in [1.165, 1.54) is 39.8 Å². The molecule has 4 N–H and O–H groups in total. The third-order valence-corrected chi connectivity index (χ3v) is 3.83. The predicted molar refractivity (Wildman–Crippen MR) is 120 cm³/mol. The maximum atomic E-state index is 10.8. The summed E-state index contributed by atoms with van der Waals surface area (Å²) in [7, 11) is 0. The van der Waals surface area contributed by atoms with Gasteiger partial charge in [0.2, 0.25) is 0 Å². The van der Waals surface area contributed by atoms with E-state index in [-0.39, 0.29) is 94.7 Å². The Labute approximate surface area is 230 Å². The van der Waals surface area contributed by atoms with Crippen LogP contribution in [0.15, 0.2) is 24.3 Å². The third kappa shape index (κ3) is 22.8. The molecule has 0 aliphatic carbocycles. The fourth-order valence-corrected chi connectivity index (χ4v) is 2.15. The molecule has 1 aromatic rings. The quantitative estimate of drug-likeness (QED) is 0.214. The second-order valence-electron chi connectivity index (χ2n) is 7.08. The van der Waals surface area contributed by atoms with Gasteiger partial charge in [0.15, 0.2) is 0 Å². The molecule has 0 bridgehead atoms. The maximum absolute atomic E-state index is 10.8. The number of rotatable bonds is 8. The van der Waals surface area contributed by atoms with E-state index in [1.807, 2.05) is 0 Å². The van der Waals surface area contributed by atoms with Crippen LogP contribution in [0.5, 0.6) is 5.75 Å². The second kappa shape index (κ2) is 22.5. The number of ketones is 4. The molecule has 1 aromatic carbocycles. The van der Waals surface area contributed by atoms with Crippen molar-refractivity contribution in [2.24, 2.45) is 5.92 Å². The minimum atomic E-state index is -1.11. The van der Waals surface area contributed by atoms with Crippen molar-refractivity contribution in [1.29, 1.82) is 0 Å². The van der Waals surface area contributed by atoms with Gasteiger partial charge in [0.1, 0.15) is 41.1 Å². The number of aliphatic carboxylic acids is 1. The van der Waals surface area contributed by atoms with Gasteiger partial charge in [-0.05, 0) is 46.2 Å². The molecular formula is C23H31NaO12. The summed E-state index contributed by atoms with van der Waals surface area (Å²) in [6, 6.07) is 5.81. The van der Waals surface area contributed by atoms with E-state index in [4.69, 9.17) is 15.3 Å². The van der Waals surface area contributed by atoms with Crippen molar-refractivity contribution in [3.05, 3.63) is 29.8 Å². The first-order valence-corrected chi connectivity index (χ1v) is 10.1. The summed E-state index contributed by atoms with van der Waals surface area (Å²) < 4.78 is 4.29. The molecule has 1 fully saturated rings. The van der Waals surface area contributed by atoms with E-state index >= 15 is 0 Å². The zero-order valence-corrected chi connectivity index (χ0v) is 23.0. The fraction of sp³-hybridized carbons (Fsp3) is 0.435. The van der Waals surface area contributed by atoms with Crippen molar-refractivity contribution >= 4 is 41.0 Å². The Hall–Kier alpha value is -2.93. The molecule has 0 amide bonds. The van der Waals surface area contributed by atoms with Gasteiger partial charge >= 0.3 is 47.5 Å². The number of carboxylic acids is 2. The molecule has 0 radical (unpaired) electrons. The van der Waals surface area contributed by atoms with Gasteiger partial charge in [-0.2, -0.15) is 0 Å². The van der Waals surface area contributed by atoms with Crippen molar-refractivity contribution < 1.29 is 88.7 Å². The normalized spacial score (nSPS) is 10.3. The smallest absolute Gasteiger partial charge is 0.870 e. The Balaban J connectivity index is -0.000000194. The van der Waals surface area contributed by atoms with Gasteiger partial charge in [-0.25, -0.2) is 4.79 Å². The van der Waals surface area contributed by atoms with Crippen molar-refractivity contribution in [3.63, 3.8) is 0 Å². The largest absolute Gasteiger partial charge is 1.00 e. The van der Waals surface area contributed by atoms with Crippen LogP contribution in [-0.2, 0) is 33.5 Å². The van der Waals surface area contributed by atoms with Crippen LogP contribution >= 0.6 is 0 Å². The van der Waals surface area contributed by atoms with Crippen LogP contribution in [0.25, 0.3) is 0 Å². The average Bonchev–Trinajstić information content (AvgIpc) is 2.66. The Morgan fingerprint density at radius 3 is 1.53 bits per heavy atom. The van der Waals surface area contributed by atoms with Crippen LogP contribution in [-0.4, -0.2) is 68.4 Å². The number of cyclic esters (lactones) is 1. The molecule has 1 aliphatic rings. The van der Waals surface area contributed by atoms with Crippen molar-refractivity contribution in [3.8, 4) is 5.75 Å². The first-order valence-electron chi connectivity index (χ1n) is 10.1. The van der Waals surface area contributed by atoms with Gasteiger partial charge in [0.25, 0.3) is 0 Å². The number of phenols is 1. The van der Waals surface area contributed by atoms with Gasteiger partial charge in [0.05, 0.1) is 18.8 Å². The Morgan fingerprint density at radius 2 is 1.33 bits per heavy atom. The Morgan fingerprint density at radius 1 is 0.917 bits per heavy atom. The van der Waals surface area contributed by atoms with Gasteiger partial charge < -0.3 is 25.5 Å². The van der Waals surface area contributed by atoms with Crippen LogP contribution in [0, 0.1) is 5.92 Å². The van der Waals surface area contributed by atoms with Crippen LogP contribution in [0.4, 0.5) is 0 Å². The number of ether oxygens (including phenoxy) is 1. The molecule has 0 unspecified atom stereocenters.